The van der Waals surface area contributed by atoms with Crippen molar-refractivity contribution < 1.29 is 13.5 Å². The van der Waals surface area contributed by atoms with Crippen LogP contribution >= 0.6 is 11.6 Å². The second-order valence-corrected chi connectivity index (χ2v) is 7.91. The first-order chi connectivity index (χ1) is 15.5. The van der Waals surface area contributed by atoms with Crippen LogP contribution in [0.1, 0.15) is 22.3 Å². The molecule has 5 nitrogen and oxygen atoms in total. The molecule has 1 spiro atoms. The Morgan fingerprint density at radius 3 is 2.72 bits per heavy atom. The van der Waals surface area contributed by atoms with Crippen LogP contribution in [0.5, 0.6) is 11.5 Å². The van der Waals surface area contributed by atoms with E-state index >= 15 is 0 Å². The molecule has 1 atom stereocenters. The van der Waals surface area contributed by atoms with Crippen molar-refractivity contribution in [1.29, 1.82) is 0 Å². The van der Waals surface area contributed by atoms with Crippen LogP contribution in [0.2, 0.25) is 5.15 Å². The van der Waals surface area contributed by atoms with Gasteiger partial charge >= 0.3 is 187 Å². The molecule has 0 amide bonds. The summed E-state index contributed by atoms with van der Waals surface area (Å²) in [5.41, 5.74) is 8.39. The first-order valence-corrected chi connectivity index (χ1v) is 10.1. The van der Waals surface area contributed by atoms with Gasteiger partial charge in [0, 0.05) is 0 Å². The summed E-state index contributed by atoms with van der Waals surface area (Å²) in [4.78, 5) is 12.3. The summed E-state index contributed by atoms with van der Waals surface area (Å²) < 4.78 is 35.2. The van der Waals surface area contributed by atoms with Crippen molar-refractivity contribution in [2.45, 2.75) is 5.54 Å². The van der Waals surface area contributed by atoms with Crippen LogP contribution in [-0.4, -0.2) is 22.7 Å². The van der Waals surface area contributed by atoms with Gasteiger partial charge in [-0.15, -0.1) is 0 Å². The Kier molecular flexibility index (Phi) is 3.98. The monoisotopic (exact) mass is 444 g/mol. The quantitative estimate of drug-likeness (QED) is 0.438. The number of pyridine rings is 2. The molecule has 154 valence electrons. The van der Waals surface area contributed by atoms with E-state index in [2.05, 4.69) is 9.97 Å². The van der Waals surface area contributed by atoms with Gasteiger partial charge in [-0.1, -0.05) is 0 Å². The molecule has 2 N–H and O–H groups in total. The zero-order chi connectivity index (χ0) is 22.0. The Bertz CT molecular complexity index is 1480. The summed E-state index contributed by atoms with van der Waals surface area (Å²) in [6.07, 6.45) is 1.38. The fourth-order valence-corrected chi connectivity index (χ4v) is 4.68. The average molecular weight is 445 g/mol. The second kappa shape index (κ2) is 6.67. The summed E-state index contributed by atoms with van der Waals surface area (Å²) in [6, 6.07) is 11.8. The molecule has 32 heavy (non-hydrogen) atoms. The van der Waals surface area contributed by atoms with E-state index in [9.17, 15) is 8.78 Å². The van der Waals surface area contributed by atoms with Crippen LogP contribution in [-0.2, 0) is 5.54 Å². The van der Waals surface area contributed by atoms with Gasteiger partial charge in [-0.2, -0.15) is 0 Å². The number of benzene rings is 1. The number of ether oxygens (including phenoxy) is 1. The first kappa shape index (κ1) is 19.1. The van der Waals surface area contributed by atoms with E-state index in [0.29, 0.717) is 33.8 Å². The van der Waals surface area contributed by atoms with E-state index in [1.54, 1.807) is 30.3 Å². The van der Waals surface area contributed by atoms with Crippen LogP contribution in [0.25, 0.3) is 11.1 Å². The number of nitrogens with two attached hydrogens (primary N) is 1. The number of amidine groups is 1. The molecule has 2 aliphatic rings. The average Bonchev–Trinajstić information content (AvgIpc) is 3.08. The molecule has 0 saturated carbocycles. The minimum absolute atomic E-state index is 0.0414. The van der Waals surface area contributed by atoms with Gasteiger partial charge in [-0.3, -0.25) is 0 Å². The molecule has 2 aliphatic heterocycles. The van der Waals surface area contributed by atoms with Crippen molar-refractivity contribution in [1.82, 2.24) is 9.97 Å². The number of hydrogen-bond donors (Lipinski definition) is 1. The molecule has 0 bridgehead atoms. The molecule has 0 fully saturated rings. The summed E-state index contributed by atoms with van der Waals surface area (Å²) >= 11 is 6.14. The van der Waals surface area contributed by atoms with Gasteiger partial charge in [0.05, 0.1) is 0 Å². The van der Waals surface area contributed by atoms with Gasteiger partial charge in [-0.05, 0) is 0 Å². The van der Waals surface area contributed by atoms with E-state index in [4.69, 9.17) is 27.1 Å². The Morgan fingerprint density at radius 2 is 1.88 bits per heavy atom. The van der Waals surface area contributed by atoms with Gasteiger partial charge in [0.2, 0.25) is 0 Å². The van der Waals surface area contributed by atoms with Gasteiger partial charge < -0.3 is 0 Å². The van der Waals surface area contributed by atoms with E-state index in [1.165, 1.54) is 12.3 Å². The van der Waals surface area contributed by atoms with Crippen molar-refractivity contribution >= 4 is 24.3 Å². The van der Waals surface area contributed by atoms with Crippen molar-refractivity contribution in [3.63, 3.8) is 0 Å². The first-order valence-electron chi connectivity index (χ1n) is 9.74. The molecular formula is C23H12BClF2N4O. The Hall–Kier alpha value is -3.65. The molecule has 3 aromatic heterocycles. The maximum atomic E-state index is 14.9. The van der Waals surface area contributed by atoms with E-state index < -0.39 is 17.4 Å². The summed E-state index contributed by atoms with van der Waals surface area (Å²) in [6.45, 7) is 1.85. The van der Waals surface area contributed by atoms with Gasteiger partial charge in [0.1, 0.15) is 0 Å². The number of fused-ring (bicyclic) bond motifs is 6. The minimum atomic E-state index is -1.23. The number of aliphatic imine (C=N–C) groups is 1. The van der Waals surface area contributed by atoms with Crippen molar-refractivity contribution in [3.05, 3.63) is 99.9 Å². The molecule has 4 aromatic rings. The number of hydrogen-bond acceptors (Lipinski definition) is 5. The van der Waals surface area contributed by atoms with Gasteiger partial charge in [0.25, 0.3) is 0 Å². The zero-order valence-corrected chi connectivity index (χ0v) is 17.1. The molecule has 1 aromatic carbocycles. The topological polar surface area (TPSA) is 73.4 Å². The Labute approximate surface area is 186 Å². The summed E-state index contributed by atoms with van der Waals surface area (Å²) in [7, 11) is 0. The third-order valence-corrected chi connectivity index (χ3v) is 6.02. The maximum absolute atomic E-state index is 14.9. The zero-order valence-electron chi connectivity index (χ0n) is 16.3. The molecule has 1 unspecified atom stereocenters. The van der Waals surface area contributed by atoms with E-state index in [1.807, 2.05) is 24.9 Å². The predicted molar refractivity (Wildman–Crippen MR) is 117 cm³/mol. The molecule has 5 heterocycles. The Balaban J connectivity index is 1.72. The molecule has 6 rings (SSSR count). The third kappa shape index (κ3) is 2.50. The summed E-state index contributed by atoms with van der Waals surface area (Å²) in [5.74, 6) is 2.86. The predicted octanol–water partition coefficient (Wildman–Crippen LogP) is 4.53. The van der Waals surface area contributed by atoms with Gasteiger partial charge in [0.15, 0.2) is 0 Å². The molecule has 0 radical (unpaired) electrons. The standard InChI is InChI=1S/C23H12BClF2N4O/c25-18-9-15-19(21(27)30-18)32-17-4-3-11(12-2-1-7-29-20(12)26)8-14(17)23(15)16-10-24-6-5-13(16)22(28)31-23/h1-10H,(H2,28,31). The number of rotatable bonds is 1. The molecule has 9 heteroatoms. The van der Waals surface area contributed by atoms with Crippen LogP contribution in [0.3, 0.4) is 0 Å². The normalized spacial score (nSPS) is 17.8. The summed E-state index contributed by atoms with van der Waals surface area (Å²) in [5, 5.41) is -0.0414. The molecule has 0 saturated heterocycles. The van der Waals surface area contributed by atoms with Crippen LogP contribution in [0.15, 0.2) is 65.6 Å². The van der Waals surface area contributed by atoms with Crippen LogP contribution in [0, 0.1) is 11.9 Å². The fraction of sp³-hybridized carbons (Fsp3) is 0.0435. The van der Waals surface area contributed by atoms with Crippen molar-refractivity contribution in [2.24, 2.45) is 10.7 Å². The third-order valence-electron chi connectivity index (χ3n) is 5.82. The van der Waals surface area contributed by atoms with E-state index in [-0.39, 0.29) is 10.9 Å². The number of aromatic nitrogens is 2. The van der Waals surface area contributed by atoms with Crippen molar-refractivity contribution in [3.8, 4) is 22.6 Å². The van der Waals surface area contributed by atoms with Gasteiger partial charge in [-0.25, -0.2) is 0 Å². The SMILES string of the molecule is NC1=NC2(c3cc(-c4cccnc4F)ccc3Oc3c2cc(Cl)nc3F)c2cbccc21. The fourth-order valence-electron chi connectivity index (χ4n) is 4.50. The Morgan fingerprint density at radius 1 is 1.00 bits per heavy atom. The molecule has 0 aliphatic carbocycles. The second-order valence-electron chi connectivity index (χ2n) is 7.52. The van der Waals surface area contributed by atoms with E-state index in [0.717, 1.165) is 11.1 Å². The number of nitrogens with zero attached hydrogens (tertiary/aromatic N) is 3. The van der Waals surface area contributed by atoms with Crippen LogP contribution in [0.4, 0.5) is 8.78 Å². The van der Waals surface area contributed by atoms with Crippen LogP contribution < -0.4 is 10.5 Å². The van der Waals surface area contributed by atoms with Crippen molar-refractivity contribution in [2.75, 3.05) is 0 Å². The number of halogens is 3. The molecular weight excluding hydrogens is 433 g/mol.